The molecule has 1 amide bonds. The van der Waals surface area contributed by atoms with Crippen LogP contribution in [-0.4, -0.2) is 65.3 Å². The lowest BCUT2D eigenvalue weighted by Crippen LogP contribution is -2.61. The molecule has 9 heteroatoms. The zero-order valence-electron chi connectivity index (χ0n) is 15.8. The van der Waals surface area contributed by atoms with E-state index in [-0.39, 0.29) is 5.92 Å². The highest BCUT2D eigenvalue weighted by Crippen LogP contribution is 2.44. The van der Waals surface area contributed by atoms with Crippen molar-refractivity contribution in [1.82, 2.24) is 5.32 Å². The van der Waals surface area contributed by atoms with E-state index >= 15 is 0 Å². The third-order valence-corrected chi connectivity index (χ3v) is 4.64. The highest BCUT2D eigenvalue weighted by molar-refractivity contribution is 5.87. The van der Waals surface area contributed by atoms with Crippen molar-refractivity contribution in [2.75, 3.05) is 0 Å². The average molecular weight is 373 g/mol. The smallest absolute Gasteiger partial charge is 0.326 e. The van der Waals surface area contributed by atoms with E-state index in [1.54, 1.807) is 41.5 Å². The van der Waals surface area contributed by atoms with Crippen LogP contribution in [0.15, 0.2) is 0 Å². The molecule has 0 unspecified atom stereocenters. The summed E-state index contributed by atoms with van der Waals surface area (Å²) in [5.41, 5.74) is 0. The number of carboxylic acids is 1. The van der Waals surface area contributed by atoms with Crippen LogP contribution < -0.4 is 5.32 Å². The summed E-state index contributed by atoms with van der Waals surface area (Å²) in [6, 6.07) is -1.03. The lowest BCUT2D eigenvalue weighted by Gasteiger charge is -2.37. The van der Waals surface area contributed by atoms with Crippen molar-refractivity contribution < 1.29 is 38.4 Å². The second-order valence-electron chi connectivity index (χ2n) is 8.16. The van der Waals surface area contributed by atoms with Crippen LogP contribution in [0.4, 0.5) is 0 Å². The van der Waals surface area contributed by atoms with Gasteiger partial charge >= 0.3 is 5.97 Å². The summed E-state index contributed by atoms with van der Waals surface area (Å²) < 4.78 is 29.2. The highest BCUT2D eigenvalue weighted by Gasteiger charge is 2.62. The summed E-state index contributed by atoms with van der Waals surface area (Å²) in [4.78, 5) is 24.2. The molecule has 26 heavy (non-hydrogen) atoms. The summed E-state index contributed by atoms with van der Waals surface area (Å²) in [6.45, 7) is 10.4. The van der Waals surface area contributed by atoms with Crippen LogP contribution >= 0.6 is 0 Å². The Labute approximate surface area is 152 Å². The number of fused-ring (bicyclic) bond motifs is 3. The van der Waals surface area contributed by atoms with E-state index in [9.17, 15) is 14.7 Å². The first-order valence-corrected chi connectivity index (χ1v) is 8.80. The number of rotatable bonds is 4. The van der Waals surface area contributed by atoms with Gasteiger partial charge in [0.05, 0.1) is 0 Å². The van der Waals surface area contributed by atoms with E-state index in [1.807, 2.05) is 0 Å². The fourth-order valence-electron chi connectivity index (χ4n) is 3.57. The van der Waals surface area contributed by atoms with Crippen LogP contribution in [0.2, 0.25) is 0 Å². The van der Waals surface area contributed by atoms with Gasteiger partial charge in [-0.05, 0) is 33.6 Å². The molecule has 3 aliphatic heterocycles. The predicted octanol–water partition coefficient (Wildman–Crippen LogP) is 0.608. The molecule has 0 aromatic heterocycles. The summed E-state index contributed by atoms with van der Waals surface area (Å²) >= 11 is 0. The number of nitrogens with one attached hydrogen (secondary N) is 1. The maximum Gasteiger partial charge on any atom is 0.326 e. The number of amides is 1. The minimum Gasteiger partial charge on any atom is -0.480 e. The van der Waals surface area contributed by atoms with Crippen molar-refractivity contribution in [2.45, 2.75) is 89.9 Å². The van der Waals surface area contributed by atoms with Crippen LogP contribution in [0.5, 0.6) is 0 Å². The molecule has 3 heterocycles. The minimum atomic E-state index is -1.11. The molecule has 148 valence electrons. The van der Waals surface area contributed by atoms with Crippen LogP contribution in [-0.2, 0) is 33.3 Å². The summed E-state index contributed by atoms with van der Waals surface area (Å²) in [5.74, 6) is -3.78. The Morgan fingerprint density at radius 1 is 0.923 bits per heavy atom. The van der Waals surface area contributed by atoms with Crippen LogP contribution in [0.25, 0.3) is 0 Å². The second-order valence-corrected chi connectivity index (χ2v) is 8.16. The summed E-state index contributed by atoms with van der Waals surface area (Å²) in [6.07, 6.45) is -3.71. The number of carboxylic acid groups (broad SMARTS) is 1. The molecule has 0 spiro atoms. The predicted molar refractivity (Wildman–Crippen MR) is 86.9 cm³/mol. The van der Waals surface area contributed by atoms with E-state index < -0.39 is 60.2 Å². The Bertz CT molecular complexity index is 589. The van der Waals surface area contributed by atoms with Gasteiger partial charge in [0, 0.05) is 0 Å². The molecule has 0 bridgehead atoms. The van der Waals surface area contributed by atoms with Crippen molar-refractivity contribution in [3.63, 3.8) is 0 Å². The monoisotopic (exact) mass is 373 g/mol. The van der Waals surface area contributed by atoms with Gasteiger partial charge in [0.25, 0.3) is 5.91 Å². The lowest BCUT2D eigenvalue weighted by atomic mass is 9.97. The fraction of sp³-hybridized carbons (Fsp3) is 0.882. The first kappa shape index (κ1) is 19.5. The van der Waals surface area contributed by atoms with Crippen molar-refractivity contribution in [2.24, 2.45) is 5.92 Å². The number of aliphatic carboxylic acids is 1. The van der Waals surface area contributed by atoms with Gasteiger partial charge in [-0.15, -0.1) is 0 Å². The van der Waals surface area contributed by atoms with Crippen molar-refractivity contribution in [3.05, 3.63) is 0 Å². The maximum absolute atomic E-state index is 12.8. The Kier molecular flexibility index (Phi) is 4.81. The molecule has 3 aliphatic rings. The molecule has 3 fully saturated rings. The molecular formula is C17H27NO8. The first-order valence-electron chi connectivity index (χ1n) is 8.80. The topological polar surface area (TPSA) is 113 Å². The van der Waals surface area contributed by atoms with Gasteiger partial charge < -0.3 is 34.1 Å². The van der Waals surface area contributed by atoms with Gasteiger partial charge in [-0.1, -0.05) is 13.8 Å². The number of hydrogen-bond donors (Lipinski definition) is 2. The lowest BCUT2D eigenvalue weighted by molar-refractivity contribution is -0.231. The molecular weight excluding hydrogens is 346 g/mol. The molecule has 0 saturated carbocycles. The Morgan fingerprint density at radius 3 is 2.04 bits per heavy atom. The van der Waals surface area contributed by atoms with Crippen molar-refractivity contribution in [1.29, 1.82) is 0 Å². The van der Waals surface area contributed by atoms with E-state index in [0.29, 0.717) is 0 Å². The third-order valence-electron chi connectivity index (χ3n) is 4.64. The van der Waals surface area contributed by atoms with Crippen molar-refractivity contribution >= 4 is 11.9 Å². The van der Waals surface area contributed by atoms with Gasteiger partial charge in [0.2, 0.25) is 0 Å². The highest BCUT2D eigenvalue weighted by atomic mass is 16.9. The van der Waals surface area contributed by atoms with Crippen molar-refractivity contribution in [3.8, 4) is 0 Å². The van der Waals surface area contributed by atoms with Crippen LogP contribution in [0.3, 0.4) is 0 Å². The fourth-order valence-corrected chi connectivity index (χ4v) is 3.57. The van der Waals surface area contributed by atoms with E-state index in [4.69, 9.17) is 23.7 Å². The van der Waals surface area contributed by atoms with Gasteiger partial charge in [-0.2, -0.15) is 0 Å². The largest absolute Gasteiger partial charge is 0.480 e. The van der Waals surface area contributed by atoms with Gasteiger partial charge in [0.1, 0.15) is 24.4 Å². The molecule has 9 nitrogen and oxygen atoms in total. The SMILES string of the molecule is CC(C)[C@H](NC(=O)[C@H]1O[C@@H]2OC(C)(C)O[C@@H]2[C@H]2OC(C)(C)O[C@H]21)C(=O)O. The third kappa shape index (κ3) is 3.59. The molecule has 0 aromatic carbocycles. The van der Waals surface area contributed by atoms with Gasteiger partial charge in [0.15, 0.2) is 24.0 Å². The van der Waals surface area contributed by atoms with E-state index in [1.165, 1.54) is 0 Å². The van der Waals surface area contributed by atoms with Gasteiger partial charge in [-0.25, -0.2) is 4.79 Å². The first-order chi connectivity index (χ1) is 11.9. The Balaban J connectivity index is 1.82. The van der Waals surface area contributed by atoms with E-state index in [2.05, 4.69) is 5.32 Å². The zero-order valence-corrected chi connectivity index (χ0v) is 15.8. The molecule has 0 radical (unpaired) electrons. The number of carbonyl (C=O) groups excluding carboxylic acids is 1. The number of ether oxygens (including phenoxy) is 5. The molecule has 0 aliphatic carbocycles. The Hall–Kier alpha value is -1.26. The summed E-state index contributed by atoms with van der Waals surface area (Å²) in [5, 5.41) is 11.9. The van der Waals surface area contributed by atoms with Crippen LogP contribution in [0, 0.1) is 5.92 Å². The van der Waals surface area contributed by atoms with Crippen LogP contribution in [0.1, 0.15) is 41.5 Å². The minimum absolute atomic E-state index is 0.286. The zero-order chi connectivity index (χ0) is 19.4. The molecule has 0 aromatic rings. The van der Waals surface area contributed by atoms with Gasteiger partial charge in [-0.3, -0.25) is 4.79 Å². The molecule has 3 saturated heterocycles. The average Bonchev–Trinajstić information content (AvgIpc) is 2.96. The quantitative estimate of drug-likeness (QED) is 0.737. The maximum atomic E-state index is 12.8. The number of carbonyl (C=O) groups is 2. The standard InChI is InChI=1S/C17H27NO8/c1-7(2)8(14(20)21)18-13(19)11-9-10(24-16(3,4)23-9)12-15(22-11)26-17(5,6)25-12/h7-12,15H,1-6H3,(H,18,19)(H,20,21)/t8-,9+,10-,11-,12+,15+/m0/s1. The molecule has 3 rings (SSSR count). The second kappa shape index (κ2) is 6.42. The normalized spacial score (nSPS) is 38.5. The Morgan fingerprint density at radius 2 is 1.46 bits per heavy atom. The summed E-state index contributed by atoms with van der Waals surface area (Å²) in [7, 11) is 0. The number of hydrogen-bond acceptors (Lipinski definition) is 7. The molecule has 6 atom stereocenters. The van der Waals surface area contributed by atoms with E-state index in [0.717, 1.165) is 0 Å². The molecule has 2 N–H and O–H groups in total.